The van der Waals surface area contributed by atoms with Gasteiger partial charge in [0.25, 0.3) is 0 Å². The third-order valence-electron chi connectivity index (χ3n) is 6.13. The van der Waals surface area contributed by atoms with Gasteiger partial charge in [-0.25, -0.2) is 4.79 Å². The summed E-state index contributed by atoms with van der Waals surface area (Å²) in [7, 11) is 1.43. The second-order valence-corrected chi connectivity index (χ2v) is 8.98. The first-order valence-corrected chi connectivity index (χ1v) is 10.7. The molecule has 0 spiro atoms. The number of carbonyl (C=O) groups is 1. The van der Waals surface area contributed by atoms with Crippen LogP contribution in [0.4, 0.5) is 0 Å². The largest absolute Gasteiger partial charge is 0.508 e. The molecule has 1 fully saturated rings. The standard InChI is InChI=1S/C24H28BrNO3/c1-17-15-26(12-11-24(17,2)20-5-4-6-22(27)14-20)16-19(23(28)29-3)13-18-7-9-21(25)10-8-18/h4-10,13-14,17,27H,11-12,15-16H2,1-3H3/t17-,24+/m0/s1. The van der Waals surface area contributed by atoms with Crippen LogP contribution in [0, 0.1) is 5.92 Å². The highest BCUT2D eigenvalue weighted by atomic mass is 79.9. The van der Waals surface area contributed by atoms with Crippen molar-refractivity contribution in [3.8, 4) is 5.75 Å². The van der Waals surface area contributed by atoms with E-state index in [9.17, 15) is 9.90 Å². The van der Waals surface area contributed by atoms with E-state index in [4.69, 9.17) is 4.74 Å². The number of ether oxygens (including phenoxy) is 1. The molecule has 2 aromatic rings. The zero-order chi connectivity index (χ0) is 21.0. The van der Waals surface area contributed by atoms with E-state index >= 15 is 0 Å². The molecule has 154 valence electrons. The predicted molar refractivity (Wildman–Crippen MR) is 120 cm³/mol. The van der Waals surface area contributed by atoms with Crippen molar-refractivity contribution in [1.29, 1.82) is 0 Å². The summed E-state index contributed by atoms with van der Waals surface area (Å²) in [5.41, 5.74) is 2.80. The van der Waals surface area contributed by atoms with Gasteiger partial charge in [0.15, 0.2) is 0 Å². The minimum absolute atomic E-state index is 0.00388. The topological polar surface area (TPSA) is 49.8 Å². The highest BCUT2D eigenvalue weighted by molar-refractivity contribution is 9.10. The van der Waals surface area contributed by atoms with Crippen LogP contribution in [0.2, 0.25) is 0 Å². The summed E-state index contributed by atoms with van der Waals surface area (Å²) in [6, 6.07) is 15.5. The van der Waals surface area contributed by atoms with E-state index in [1.54, 1.807) is 6.07 Å². The molecule has 2 aromatic carbocycles. The number of piperidine rings is 1. The van der Waals surface area contributed by atoms with Crippen molar-refractivity contribution < 1.29 is 14.6 Å². The van der Waals surface area contributed by atoms with Crippen LogP contribution in [0.5, 0.6) is 5.75 Å². The molecule has 1 aliphatic heterocycles. The molecule has 0 amide bonds. The number of hydrogen-bond acceptors (Lipinski definition) is 4. The first-order valence-electron chi connectivity index (χ1n) is 9.88. The smallest absolute Gasteiger partial charge is 0.335 e. The van der Waals surface area contributed by atoms with E-state index in [1.165, 1.54) is 12.7 Å². The van der Waals surface area contributed by atoms with Crippen LogP contribution < -0.4 is 0 Å². The monoisotopic (exact) mass is 457 g/mol. The molecule has 0 radical (unpaired) electrons. The molecule has 2 atom stereocenters. The van der Waals surface area contributed by atoms with Crippen molar-refractivity contribution in [1.82, 2.24) is 4.90 Å². The van der Waals surface area contributed by atoms with Crippen LogP contribution in [-0.4, -0.2) is 42.7 Å². The normalized spacial score (nSPS) is 23.0. The second kappa shape index (κ2) is 9.14. The average molecular weight is 458 g/mol. The maximum absolute atomic E-state index is 12.4. The van der Waals surface area contributed by atoms with E-state index in [0.717, 1.165) is 29.5 Å². The molecule has 0 unspecified atom stereocenters. The first-order chi connectivity index (χ1) is 13.8. The minimum Gasteiger partial charge on any atom is -0.508 e. The van der Waals surface area contributed by atoms with Gasteiger partial charge in [-0.05, 0) is 65.8 Å². The lowest BCUT2D eigenvalue weighted by Gasteiger charge is -2.45. The summed E-state index contributed by atoms with van der Waals surface area (Å²) in [5, 5.41) is 9.89. The Morgan fingerprint density at radius 1 is 1.31 bits per heavy atom. The maximum Gasteiger partial charge on any atom is 0.335 e. The lowest BCUT2D eigenvalue weighted by molar-refractivity contribution is -0.136. The van der Waals surface area contributed by atoms with Gasteiger partial charge in [0.2, 0.25) is 0 Å². The molecular formula is C24H28BrNO3. The number of benzene rings is 2. The van der Waals surface area contributed by atoms with Gasteiger partial charge >= 0.3 is 5.97 Å². The number of halogens is 1. The number of aromatic hydroxyl groups is 1. The number of esters is 1. The lowest BCUT2D eigenvalue weighted by atomic mass is 9.68. The average Bonchev–Trinajstić information content (AvgIpc) is 2.71. The Morgan fingerprint density at radius 3 is 2.66 bits per heavy atom. The highest BCUT2D eigenvalue weighted by Crippen LogP contribution is 2.40. The highest BCUT2D eigenvalue weighted by Gasteiger charge is 2.38. The lowest BCUT2D eigenvalue weighted by Crippen LogP contribution is -2.48. The van der Waals surface area contributed by atoms with Crippen LogP contribution in [-0.2, 0) is 14.9 Å². The fourth-order valence-corrected chi connectivity index (χ4v) is 4.32. The van der Waals surface area contributed by atoms with Gasteiger partial charge < -0.3 is 9.84 Å². The Labute approximate surface area is 181 Å². The third kappa shape index (κ3) is 5.09. The van der Waals surface area contributed by atoms with Gasteiger partial charge in [-0.3, -0.25) is 4.90 Å². The number of phenols is 1. The number of nitrogens with zero attached hydrogens (tertiary/aromatic N) is 1. The molecular weight excluding hydrogens is 430 g/mol. The fraction of sp³-hybridized carbons (Fsp3) is 0.375. The van der Waals surface area contributed by atoms with E-state index in [2.05, 4.69) is 40.7 Å². The zero-order valence-electron chi connectivity index (χ0n) is 17.2. The summed E-state index contributed by atoms with van der Waals surface area (Å²) in [6.07, 6.45) is 2.87. The van der Waals surface area contributed by atoms with Crippen LogP contribution >= 0.6 is 15.9 Å². The molecule has 0 saturated carbocycles. The number of likely N-dealkylation sites (tertiary alicyclic amines) is 1. The number of phenolic OH excluding ortho intramolecular Hbond substituents is 1. The van der Waals surface area contributed by atoms with Crippen LogP contribution in [0.15, 0.2) is 58.6 Å². The third-order valence-corrected chi connectivity index (χ3v) is 6.65. The number of rotatable bonds is 5. The quantitative estimate of drug-likeness (QED) is 0.506. The summed E-state index contributed by atoms with van der Waals surface area (Å²) in [4.78, 5) is 14.7. The Bertz CT molecular complexity index is 893. The van der Waals surface area contributed by atoms with Crippen LogP contribution in [0.25, 0.3) is 6.08 Å². The SMILES string of the molecule is COC(=O)C(=Cc1ccc(Br)cc1)CN1CC[C@@](C)(c2cccc(O)c2)[C@@H](C)C1. The fourth-order valence-electron chi connectivity index (χ4n) is 4.05. The molecule has 0 aliphatic carbocycles. The van der Waals surface area contributed by atoms with Crippen molar-refractivity contribution in [3.63, 3.8) is 0 Å². The Balaban J connectivity index is 1.75. The predicted octanol–water partition coefficient (Wildman–Crippen LogP) is 5.01. The Morgan fingerprint density at radius 2 is 2.03 bits per heavy atom. The summed E-state index contributed by atoms with van der Waals surface area (Å²) in [5.74, 6) is 0.398. The maximum atomic E-state index is 12.4. The molecule has 1 aliphatic rings. The van der Waals surface area contributed by atoms with Gasteiger partial charge in [-0.2, -0.15) is 0 Å². The van der Waals surface area contributed by atoms with E-state index in [0.29, 0.717) is 23.8 Å². The summed E-state index contributed by atoms with van der Waals surface area (Å²) >= 11 is 3.44. The van der Waals surface area contributed by atoms with Gasteiger partial charge in [0, 0.05) is 17.6 Å². The Kier molecular flexibility index (Phi) is 6.81. The van der Waals surface area contributed by atoms with Crippen LogP contribution in [0.1, 0.15) is 31.4 Å². The molecule has 3 rings (SSSR count). The first kappa shape index (κ1) is 21.6. The molecule has 5 heteroatoms. The molecule has 0 aromatic heterocycles. The van der Waals surface area contributed by atoms with Crippen molar-refractivity contribution >= 4 is 28.0 Å². The second-order valence-electron chi connectivity index (χ2n) is 8.07. The zero-order valence-corrected chi connectivity index (χ0v) is 18.8. The van der Waals surface area contributed by atoms with E-state index < -0.39 is 0 Å². The summed E-state index contributed by atoms with van der Waals surface area (Å²) in [6.45, 7) is 6.82. The number of hydrogen-bond donors (Lipinski definition) is 1. The number of carbonyl (C=O) groups excluding carboxylic acids is 1. The molecule has 29 heavy (non-hydrogen) atoms. The van der Waals surface area contributed by atoms with Crippen molar-refractivity contribution in [2.75, 3.05) is 26.7 Å². The molecule has 1 saturated heterocycles. The van der Waals surface area contributed by atoms with Crippen molar-refractivity contribution in [2.45, 2.75) is 25.7 Å². The minimum atomic E-state index is -0.290. The molecule has 1 N–H and O–H groups in total. The molecule has 0 bridgehead atoms. The van der Waals surface area contributed by atoms with Crippen molar-refractivity contribution in [2.24, 2.45) is 5.92 Å². The van der Waals surface area contributed by atoms with Crippen molar-refractivity contribution in [3.05, 3.63) is 69.7 Å². The van der Waals surface area contributed by atoms with Gasteiger partial charge in [0.05, 0.1) is 12.7 Å². The van der Waals surface area contributed by atoms with Gasteiger partial charge in [-0.1, -0.05) is 54.0 Å². The summed E-state index contributed by atoms with van der Waals surface area (Å²) < 4.78 is 6.03. The number of methoxy groups -OCH3 is 1. The molecule has 4 nitrogen and oxygen atoms in total. The Hall–Kier alpha value is -2.11. The van der Waals surface area contributed by atoms with Gasteiger partial charge in [-0.15, -0.1) is 0 Å². The molecule has 1 heterocycles. The van der Waals surface area contributed by atoms with E-state index in [-0.39, 0.29) is 11.4 Å². The van der Waals surface area contributed by atoms with Crippen LogP contribution in [0.3, 0.4) is 0 Å². The van der Waals surface area contributed by atoms with Gasteiger partial charge in [0.1, 0.15) is 5.75 Å². The van der Waals surface area contributed by atoms with E-state index in [1.807, 2.05) is 42.5 Å².